The standard InChI is InChI=1S/C16H23N3O2/c1-11(2)19-8-6-13(17-19)15(20)18-10-16(7-3-9-21-16)14(18)12-4-5-12/h6,8,11-12,14H,3-5,7,9-10H2,1-2H3. The van der Waals surface area contributed by atoms with Crippen LogP contribution < -0.4 is 0 Å². The lowest BCUT2D eigenvalue weighted by Crippen LogP contribution is -2.71. The quantitative estimate of drug-likeness (QED) is 0.857. The maximum Gasteiger partial charge on any atom is 0.274 e. The zero-order valence-electron chi connectivity index (χ0n) is 12.8. The van der Waals surface area contributed by atoms with E-state index in [9.17, 15) is 4.79 Å². The number of aromatic nitrogens is 2. The highest BCUT2D eigenvalue weighted by Crippen LogP contribution is 2.51. The Balaban J connectivity index is 1.54. The molecule has 2 saturated heterocycles. The van der Waals surface area contributed by atoms with Gasteiger partial charge in [0.15, 0.2) is 0 Å². The van der Waals surface area contributed by atoms with Crippen LogP contribution in [0.25, 0.3) is 0 Å². The molecule has 5 heteroatoms. The Labute approximate surface area is 125 Å². The predicted molar refractivity (Wildman–Crippen MR) is 78.1 cm³/mol. The lowest BCUT2D eigenvalue weighted by atomic mass is 9.78. The number of hydrogen-bond donors (Lipinski definition) is 0. The van der Waals surface area contributed by atoms with Crippen molar-refractivity contribution in [2.45, 2.75) is 57.2 Å². The van der Waals surface area contributed by atoms with E-state index in [2.05, 4.69) is 18.9 Å². The van der Waals surface area contributed by atoms with Crippen molar-refractivity contribution >= 4 is 5.91 Å². The first kappa shape index (κ1) is 13.3. The number of nitrogens with zero attached hydrogens (tertiary/aromatic N) is 3. The molecule has 1 aromatic rings. The molecule has 3 fully saturated rings. The zero-order valence-corrected chi connectivity index (χ0v) is 12.8. The van der Waals surface area contributed by atoms with Gasteiger partial charge in [0, 0.05) is 18.8 Å². The van der Waals surface area contributed by atoms with Gasteiger partial charge in [-0.1, -0.05) is 0 Å². The summed E-state index contributed by atoms with van der Waals surface area (Å²) >= 11 is 0. The van der Waals surface area contributed by atoms with Gasteiger partial charge in [0.1, 0.15) is 11.3 Å². The highest BCUT2D eigenvalue weighted by atomic mass is 16.5. The third-order valence-corrected chi connectivity index (χ3v) is 5.13. The van der Waals surface area contributed by atoms with Crippen LogP contribution in [0, 0.1) is 5.92 Å². The van der Waals surface area contributed by atoms with Gasteiger partial charge in [0.25, 0.3) is 5.91 Å². The SMILES string of the molecule is CC(C)n1ccc(C(=O)N2CC3(CCCO3)C2C2CC2)n1. The maximum absolute atomic E-state index is 12.7. The third kappa shape index (κ3) is 2.01. The van der Waals surface area contributed by atoms with E-state index < -0.39 is 0 Å². The van der Waals surface area contributed by atoms with Crippen molar-refractivity contribution in [2.75, 3.05) is 13.2 Å². The van der Waals surface area contributed by atoms with E-state index in [1.165, 1.54) is 12.8 Å². The Hall–Kier alpha value is -1.36. The van der Waals surface area contributed by atoms with Gasteiger partial charge in [-0.2, -0.15) is 5.10 Å². The number of likely N-dealkylation sites (tertiary alicyclic amines) is 1. The van der Waals surface area contributed by atoms with Crippen LogP contribution in [0.5, 0.6) is 0 Å². The van der Waals surface area contributed by atoms with Crippen LogP contribution in [0.15, 0.2) is 12.3 Å². The maximum atomic E-state index is 12.7. The van der Waals surface area contributed by atoms with Crippen LogP contribution in [-0.4, -0.2) is 45.4 Å². The van der Waals surface area contributed by atoms with Crippen LogP contribution in [0.4, 0.5) is 0 Å². The summed E-state index contributed by atoms with van der Waals surface area (Å²) in [6.07, 6.45) is 6.61. The molecule has 21 heavy (non-hydrogen) atoms. The normalized spacial score (nSPS) is 32.0. The van der Waals surface area contributed by atoms with Gasteiger partial charge in [0.05, 0.1) is 12.6 Å². The van der Waals surface area contributed by atoms with Crippen LogP contribution >= 0.6 is 0 Å². The molecule has 5 nitrogen and oxygen atoms in total. The first-order valence-corrected chi connectivity index (χ1v) is 8.11. The Morgan fingerprint density at radius 1 is 1.48 bits per heavy atom. The Bertz CT molecular complexity index is 556. The second-order valence-electron chi connectivity index (χ2n) is 7.01. The van der Waals surface area contributed by atoms with Gasteiger partial charge < -0.3 is 9.64 Å². The summed E-state index contributed by atoms with van der Waals surface area (Å²) in [5.74, 6) is 0.723. The molecular formula is C16H23N3O2. The Morgan fingerprint density at radius 2 is 2.29 bits per heavy atom. The van der Waals surface area contributed by atoms with Gasteiger partial charge >= 0.3 is 0 Å². The number of rotatable bonds is 3. The summed E-state index contributed by atoms with van der Waals surface area (Å²) in [5.41, 5.74) is 0.541. The van der Waals surface area contributed by atoms with Gasteiger partial charge in [-0.05, 0) is 51.5 Å². The number of ether oxygens (including phenoxy) is 1. The van der Waals surface area contributed by atoms with E-state index in [4.69, 9.17) is 4.74 Å². The fourth-order valence-electron chi connectivity index (χ4n) is 3.91. The van der Waals surface area contributed by atoms with Gasteiger partial charge in [-0.25, -0.2) is 0 Å². The van der Waals surface area contributed by atoms with Crippen molar-refractivity contribution in [3.05, 3.63) is 18.0 Å². The molecule has 0 aromatic carbocycles. The summed E-state index contributed by atoms with van der Waals surface area (Å²) in [6.45, 7) is 5.74. The Morgan fingerprint density at radius 3 is 2.86 bits per heavy atom. The molecule has 2 unspecified atom stereocenters. The molecule has 0 radical (unpaired) electrons. The summed E-state index contributed by atoms with van der Waals surface area (Å²) in [6, 6.07) is 2.41. The molecule has 1 saturated carbocycles. The molecule has 1 aromatic heterocycles. The number of hydrogen-bond acceptors (Lipinski definition) is 3. The molecule has 1 aliphatic carbocycles. The first-order valence-electron chi connectivity index (χ1n) is 8.11. The van der Waals surface area contributed by atoms with E-state index >= 15 is 0 Å². The van der Waals surface area contributed by atoms with Crippen molar-refractivity contribution in [1.82, 2.24) is 14.7 Å². The molecule has 2 aliphatic heterocycles. The van der Waals surface area contributed by atoms with Crippen molar-refractivity contribution in [1.29, 1.82) is 0 Å². The van der Waals surface area contributed by atoms with Crippen LogP contribution in [0.3, 0.4) is 0 Å². The minimum absolute atomic E-state index is 0.0303. The highest BCUT2D eigenvalue weighted by Gasteiger charge is 2.61. The molecule has 2 atom stereocenters. The second kappa shape index (κ2) is 4.57. The molecule has 4 rings (SSSR count). The Kier molecular flexibility index (Phi) is 2.89. The summed E-state index contributed by atoms with van der Waals surface area (Å²) in [5, 5.41) is 4.43. The minimum atomic E-state index is -0.0303. The fourth-order valence-corrected chi connectivity index (χ4v) is 3.91. The topological polar surface area (TPSA) is 47.4 Å². The summed E-state index contributed by atoms with van der Waals surface area (Å²) in [4.78, 5) is 14.8. The van der Waals surface area contributed by atoms with Crippen LogP contribution in [-0.2, 0) is 4.74 Å². The fraction of sp³-hybridized carbons (Fsp3) is 0.750. The number of carbonyl (C=O) groups excluding carboxylic acids is 1. The first-order chi connectivity index (χ1) is 10.1. The second-order valence-corrected chi connectivity index (χ2v) is 7.01. The van der Waals surface area contributed by atoms with Crippen molar-refractivity contribution in [3.8, 4) is 0 Å². The third-order valence-electron chi connectivity index (χ3n) is 5.13. The molecule has 3 aliphatic rings. The van der Waals surface area contributed by atoms with Crippen LogP contribution in [0.1, 0.15) is 56.1 Å². The molecule has 0 N–H and O–H groups in total. The molecule has 114 valence electrons. The molecule has 0 bridgehead atoms. The van der Waals surface area contributed by atoms with Crippen LogP contribution in [0.2, 0.25) is 0 Å². The molecule has 1 spiro atoms. The summed E-state index contributed by atoms with van der Waals surface area (Å²) in [7, 11) is 0. The molecule has 1 amide bonds. The van der Waals surface area contributed by atoms with Gasteiger partial charge in [-0.3, -0.25) is 9.48 Å². The van der Waals surface area contributed by atoms with Crippen molar-refractivity contribution in [2.24, 2.45) is 5.92 Å². The van der Waals surface area contributed by atoms with E-state index in [1.807, 2.05) is 21.8 Å². The zero-order chi connectivity index (χ0) is 14.6. The number of amides is 1. The van der Waals surface area contributed by atoms with E-state index in [0.29, 0.717) is 11.6 Å². The summed E-state index contributed by atoms with van der Waals surface area (Å²) < 4.78 is 7.88. The van der Waals surface area contributed by atoms with E-state index in [-0.39, 0.29) is 23.6 Å². The predicted octanol–water partition coefficient (Wildman–Crippen LogP) is 2.25. The lowest BCUT2D eigenvalue weighted by Gasteiger charge is -2.55. The van der Waals surface area contributed by atoms with Crippen molar-refractivity contribution < 1.29 is 9.53 Å². The largest absolute Gasteiger partial charge is 0.371 e. The van der Waals surface area contributed by atoms with Gasteiger partial charge in [0.2, 0.25) is 0 Å². The smallest absolute Gasteiger partial charge is 0.274 e. The monoisotopic (exact) mass is 289 g/mol. The number of carbonyl (C=O) groups is 1. The average Bonchev–Trinajstić information content (AvgIpc) is 2.99. The van der Waals surface area contributed by atoms with Crippen molar-refractivity contribution in [3.63, 3.8) is 0 Å². The minimum Gasteiger partial charge on any atom is -0.371 e. The lowest BCUT2D eigenvalue weighted by molar-refractivity contribution is -0.149. The highest BCUT2D eigenvalue weighted by molar-refractivity contribution is 5.93. The molecular weight excluding hydrogens is 266 g/mol. The molecule has 3 heterocycles. The average molecular weight is 289 g/mol. The van der Waals surface area contributed by atoms with E-state index in [0.717, 1.165) is 26.0 Å². The van der Waals surface area contributed by atoms with Gasteiger partial charge in [-0.15, -0.1) is 0 Å². The van der Waals surface area contributed by atoms with E-state index in [1.54, 1.807) is 0 Å².